The number of anilines is 1. The summed E-state index contributed by atoms with van der Waals surface area (Å²) in [5.74, 6) is 0.561. The molecule has 2 rings (SSSR count). The Bertz CT molecular complexity index is 390. The molecule has 2 N–H and O–H groups in total. The number of nitrogens with zero attached hydrogens (tertiary/aromatic N) is 3. The molecule has 4 nitrogen and oxygen atoms in total. The number of nitrogen functional groups attached to an aromatic ring is 1. The predicted octanol–water partition coefficient (Wildman–Crippen LogP) is 1.61. The molecule has 0 aliphatic heterocycles. The number of hydrogen-bond acceptors (Lipinski definition) is 4. The molecule has 0 amide bonds. The molecule has 0 aromatic carbocycles. The highest BCUT2D eigenvalue weighted by Gasteiger charge is 2.08. The maximum Gasteiger partial charge on any atom is 0.200 e. The summed E-state index contributed by atoms with van der Waals surface area (Å²) in [7, 11) is 0. The van der Waals surface area contributed by atoms with Crippen molar-refractivity contribution in [2.45, 2.75) is 13.5 Å². The Kier molecular flexibility index (Phi) is 2.02. The molecule has 2 aromatic rings. The van der Waals surface area contributed by atoms with Crippen LogP contribution in [0.25, 0.3) is 10.6 Å². The normalized spacial score (nSPS) is 10.5. The van der Waals surface area contributed by atoms with Gasteiger partial charge in [-0.1, -0.05) is 0 Å². The van der Waals surface area contributed by atoms with Crippen LogP contribution in [0.2, 0.25) is 0 Å². The summed E-state index contributed by atoms with van der Waals surface area (Å²) in [5.41, 5.74) is 8.54. The summed E-state index contributed by atoms with van der Waals surface area (Å²) in [6.45, 7) is 2.88. The maximum absolute atomic E-state index is 5.69. The SMILES string of the molecule is CCn1c(-c2cncs2)cnc1N. The van der Waals surface area contributed by atoms with Crippen LogP contribution in [0.5, 0.6) is 0 Å². The van der Waals surface area contributed by atoms with Gasteiger partial charge in [0.05, 0.1) is 22.3 Å². The van der Waals surface area contributed by atoms with Crippen molar-refractivity contribution in [2.24, 2.45) is 0 Å². The van der Waals surface area contributed by atoms with Gasteiger partial charge in [-0.15, -0.1) is 11.3 Å². The second-order valence-corrected chi connectivity index (χ2v) is 3.50. The van der Waals surface area contributed by atoms with Gasteiger partial charge < -0.3 is 10.3 Å². The lowest BCUT2D eigenvalue weighted by atomic mass is 10.4. The summed E-state index contributed by atoms with van der Waals surface area (Å²) in [5, 5.41) is 0. The number of hydrogen-bond donors (Lipinski definition) is 1. The number of thiazole rings is 1. The smallest absolute Gasteiger partial charge is 0.200 e. The highest BCUT2D eigenvalue weighted by Crippen LogP contribution is 2.24. The molecule has 0 fully saturated rings. The fourth-order valence-corrected chi connectivity index (χ4v) is 1.90. The first-order valence-corrected chi connectivity index (χ1v) is 4.90. The molecule has 0 radical (unpaired) electrons. The van der Waals surface area contributed by atoms with Gasteiger partial charge in [0.2, 0.25) is 5.95 Å². The van der Waals surface area contributed by atoms with E-state index in [2.05, 4.69) is 9.97 Å². The maximum atomic E-state index is 5.69. The molecular weight excluding hydrogens is 184 g/mol. The Morgan fingerprint density at radius 3 is 3.00 bits per heavy atom. The van der Waals surface area contributed by atoms with E-state index in [4.69, 9.17) is 5.73 Å². The van der Waals surface area contributed by atoms with Crippen LogP contribution >= 0.6 is 11.3 Å². The lowest BCUT2D eigenvalue weighted by Gasteiger charge is -2.03. The standard InChI is InChI=1S/C8H10N4S/c1-2-12-6(3-11-8(12)9)7-4-10-5-13-7/h3-5H,2H2,1H3,(H2,9,11). The van der Waals surface area contributed by atoms with Gasteiger partial charge in [-0.3, -0.25) is 4.98 Å². The molecule has 0 bridgehead atoms. The van der Waals surface area contributed by atoms with Crippen molar-refractivity contribution in [1.29, 1.82) is 0 Å². The van der Waals surface area contributed by atoms with Crippen LogP contribution in [-0.4, -0.2) is 14.5 Å². The highest BCUT2D eigenvalue weighted by atomic mass is 32.1. The van der Waals surface area contributed by atoms with Crippen LogP contribution in [0, 0.1) is 0 Å². The first-order chi connectivity index (χ1) is 6.33. The minimum atomic E-state index is 0.561. The first-order valence-electron chi connectivity index (χ1n) is 4.02. The molecule has 2 heterocycles. The van der Waals surface area contributed by atoms with Crippen molar-refractivity contribution in [2.75, 3.05) is 5.73 Å². The topological polar surface area (TPSA) is 56.7 Å². The van der Waals surface area contributed by atoms with Crippen molar-refractivity contribution in [3.8, 4) is 10.6 Å². The quantitative estimate of drug-likeness (QED) is 0.790. The van der Waals surface area contributed by atoms with Crippen LogP contribution < -0.4 is 5.73 Å². The highest BCUT2D eigenvalue weighted by molar-refractivity contribution is 7.13. The Morgan fingerprint density at radius 1 is 1.54 bits per heavy atom. The van der Waals surface area contributed by atoms with Gasteiger partial charge >= 0.3 is 0 Å². The van der Waals surface area contributed by atoms with E-state index in [-0.39, 0.29) is 0 Å². The second-order valence-electron chi connectivity index (χ2n) is 2.61. The van der Waals surface area contributed by atoms with Crippen LogP contribution in [0.3, 0.4) is 0 Å². The molecule has 13 heavy (non-hydrogen) atoms. The molecule has 0 aliphatic carbocycles. The second kappa shape index (κ2) is 3.18. The third-order valence-electron chi connectivity index (χ3n) is 1.89. The molecule has 0 saturated carbocycles. The third-order valence-corrected chi connectivity index (χ3v) is 2.68. The molecule has 0 unspecified atom stereocenters. The van der Waals surface area contributed by atoms with Gasteiger partial charge in [-0.25, -0.2) is 4.98 Å². The van der Waals surface area contributed by atoms with E-state index in [1.165, 1.54) is 0 Å². The van der Waals surface area contributed by atoms with E-state index in [0.29, 0.717) is 5.95 Å². The van der Waals surface area contributed by atoms with Gasteiger partial charge in [0.25, 0.3) is 0 Å². The summed E-state index contributed by atoms with van der Waals surface area (Å²) < 4.78 is 1.97. The van der Waals surface area contributed by atoms with E-state index in [1.54, 1.807) is 23.0 Å². The van der Waals surface area contributed by atoms with Crippen LogP contribution in [-0.2, 0) is 6.54 Å². The minimum absolute atomic E-state index is 0.561. The molecule has 0 saturated heterocycles. The third kappa shape index (κ3) is 1.31. The average molecular weight is 194 g/mol. The van der Waals surface area contributed by atoms with Gasteiger partial charge in [-0.2, -0.15) is 0 Å². The van der Waals surface area contributed by atoms with Crippen molar-refractivity contribution in [3.63, 3.8) is 0 Å². The fourth-order valence-electron chi connectivity index (χ4n) is 1.26. The molecule has 5 heteroatoms. The zero-order chi connectivity index (χ0) is 9.26. The zero-order valence-electron chi connectivity index (χ0n) is 7.27. The Balaban J connectivity index is 2.52. The van der Waals surface area contributed by atoms with Crippen molar-refractivity contribution < 1.29 is 0 Å². The largest absolute Gasteiger partial charge is 0.369 e. The molecule has 0 atom stereocenters. The lowest BCUT2D eigenvalue weighted by Crippen LogP contribution is -2.01. The van der Waals surface area contributed by atoms with Gasteiger partial charge in [0.15, 0.2) is 0 Å². The van der Waals surface area contributed by atoms with Crippen LogP contribution in [0.1, 0.15) is 6.92 Å². The summed E-state index contributed by atoms with van der Waals surface area (Å²) in [4.78, 5) is 9.19. The monoisotopic (exact) mass is 194 g/mol. The van der Waals surface area contributed by atoms with Crippen molar-refractivity contribution >= 4 is 17.3 Å². The van der Waals surface area contributed by atoms with E-state index in [1.807, 2.05) is 17.7 Å². The van der Waals surface area contributed by atoms with Gasteiger partial charge in [0.1, 0.15) is 0 Å². The van der Waals surface area contributed by atoms with E-state index >= 15 is 0 Å². The van der Waals surface area contributed by atoms with Crippen molar-refractivity contribution in [1.82, 2.24) is 14.5 Å². The van der Waals surface area contributed by atoms with Crippen LogP contribution in [0.4, 0.5) is 5.95 Å². The van der Waals surface area contributed by atoms with Crippen molar-refractivity contribution in [3.05, 3.63) is 17.9 Å². The van der Waals surface area contributed by atoms with Gasteiger partial charge in [0, 0.05) is 12.7 Å². The summed E-state index contributed by atoms with van der Waals surface area (Å²) in [6.07, 6.45) is 3.61. The Morgan fingerprint density at radius 2 is 2.38 bits per heavy atom. The average Bonchev–Trinajstić information content (AvgIpc) is 2.71. The zero-order valence-corrected chi connectivity index (χ0v) is 8.08. The summed E-state index contributed by atoms with van der Waals surface area (Å²) in [6, 6.07) is 0. The minimum Gasteiger partial charge on any atom is -0.369 e. The molecule has 0 aliphatic rings. The number of nitrogens with two attached hydrogens (primary N) is 1. The first kappa shape index (κ1) is 8.25. The van der Waals surface area contributed by atoms with Gasteiger partial charge in [-0.05, 0) is 6.92 Å². The molecule has 2 aromatic heterocycles. The molecule has 0 spiro atoms. The van der Waals surface area contributed by atoms with E-state index in [0.717, 1.165) is 17.1 Å². The summed E-state index contributed by atoms with van der Waals surface area (Å²) >= 11 is 1.59. The van der Waals surface area contributed by atoms with E-state index in [9.17, 15) is 0 Å². The number of imidazole rings is 1. The Hall–Kier alpha value is -1.36. The Labute approximate surface area is 80.1 Å². The molecular formula is C8H10N4S. The number of aromatic nitrogens is 3. The number of rotatable bonds is 2. The predicted molar refractivity (Wildman–Crippen MR) is 53.4 cm³/mol. The lowest BCUT2D eigenvalue weighted by molar-refractivity contribution is 0.782. The fraction of sp³-hybridized carbons (Fsp3) is 0.250. The van der Waals surface area contributed by atoms with Crippen LogP contribution in [0.15, 0.2) is 17.9 Å². The molecule has 68 valence electrons. The van der Waals surface area contributed by atoms with E-state index < -0.39 is 0 Å².